The van der Waals surface area contributed by atoms with Crippen molar-refractivity contribution in [3.05, 3.63) is 35.4 Å². The Labute approximate surface area is 161 Å². The van der Waals surface area contributed by atoms with Crippen molar-refractivity contribution in [2.24, 2.45) is 0 Å². The molecule has 1 aromatic rings. The van der Waals surface area contributed by atoms with Crippen molar-refractivity contribution in [3.8, 4) is 0 Å². The monoisotopic (exact) mass is 466 g/mol. The highest BCUT2D eigenvalue weighted by atomic mass is 19.4. The zero-order chi connectivity index (χ0) is 23.8. The minimum Gasteiger partial charge on any atom is -0.396 e. The highest BCUT2D eigenvalue weighted by Crippen LogP contribution is 2.57. The van der Waals surface area contributed by atoms with Crippen molar-refractivity contribution < 1.29 is 62.9 Å². The van der Waals surface area contributed by atoms with Gasteiger partial charge in [-0.05, 0) is 24.0 Å². The molecule has 0 atom stereocenters. The number of hydrogen-bond acceptors (Lipinski definition) is 2. The lowest BCUT2D eigenvalue weighted by Crippen LogP contribution is -2.56. The molecule has 0 bridgehead atoms. The number of benzene rings is 1. The SMILES string of the molecule is OCCC(c1cccc(C(CCO)(C(F)(F)F)C(F)(F)F)c1)(C(F)(F)F)C(F)(F)F. The van der Waals surface area contributed by atoms with Crippen molar-refractivity contribution >= 4 is 0 Å². The van der Waals surface area contributed by atoms with E-state index in [0.717, 1.165) is 0 Å². The number of aliphatic hydroxyl groups excluding tert-OH is 2. The zero-order valence-electron chi connectivity index (χ0n) is 14.6. The molecule has 0 aromatic heterocycles. The Morgan fingerprint density at radius 3 is 1.00 bits per heavy atom. The van der Waals surface area contributed by atoms with E-state index in [1.54, 1.807) is 0 Å². The lowest BCUT2D eigenvalue weighted by atomic mass is 9.71. The summed E-state index contributed by atoms with van der Waals surface area (Å²) in [6, 6.07) is -0.127. The van der Waals surface area contributed by atoms with Crippen molar-refractivity contribution in [2.75, 3.05) is 13.2 Å². The van der Waals surface area contributed by atoms with Crippen LogP contribution in [0.5, 0.6) is 0 Å². The summed E-state index contributed by atoms with van der Waals surface area (Å²) in [7, 11) is 0. The van der Waals surface area contributed by atoms with Gasteiger partial charge < -0.3 is 10.2 Å². The Hall–Kier alpha value is -1.70. The standard InChI is InChI=1S/C16H14F12O2/c17-13(18,19)11(4-6-29,14(20,21)22)9-2-1-3-10(8-9)12(5-7-30,15(23,24)25)16(26,27)28/h1-3,8,29-30H,4-7H2. The van der Waals surface area contributed by atoms with Crippen LogP contribution < -0.4 is 0 Å². The molecule has 2 nitrogen and oxygen atoms in total. The third kappa shape index (κ3) is 4.07. The van der Waals surface area contributed by atoms with Crippen LogP contribution in [0.1, 0.15) is 24.0 Å². The van der Waals surface area contributed by atoms with E-state index in [2.05, 4.69) is 0 Å². The molecular weight excluding hydrogens is 452 g/mol. The highest BCUT2D eigenvalue weighted by Gasteiger charge is 2.73. The molecule has 0 aliphatic heterocycles. The van der Waals surface area contributed by atoms with E-state index in [4.69, 9.17) is 10.2 Å². The molecule has 14 heteroatoms. The van der Waals surface area contributed by atoms with Crippen LogP contribution in [0.2, 0.25) is 0 Å². The van der Waals surface area contributed by atoms with Crippen molar-refractivity contribution in [3.63, 3.8) is 0 Å². The number of aliphatic hydroxyl groups is 2. The predicted octanol–water partition coefficient (Wildman–Crippen LogP) is 5.18. The normalized spacial score (nSPS) is 14.9. The van der Waals surface area contributed by atoms with Crippen LogP contribution in [0.4, 0.5) is 52.7 Å². The van der Waals surface area contributed by atoms with Crippen LogP contribution in [0.25, 0.3) is 0 Å². The predicted molar refractivity (Wildman–Crippen MR) is 77.4 cm³/mol. The first kappa shape index (κ1) is 26.3. The largest absolute Gasteiger partial charge is 0.407 e. The number of alkyl halides is 12. The van der Waals surface area contributed by atoms with Crippen LogP contribution in [0.15, 0.2) is 24.3 Å². The molecular formula is C16H14F12O2. The fraction of sp³-hybridized carbons (Fsp3) is 0.625. The first-order chi connectivity index (χ1) is 13.3. The molecule has 0 aliphatic carbocycles. The van der Waals surface area contributed by atoms with Crippen LogP contribution >= 0.6 is 0 Å². The Morgan fingerprint density at radius 2 is 0.800 bits per heavy atom. The summed E-state index contributed by atoms with van der Waals surface area (Å²) in [5.74, 6) is 0. The van der Waals surface area contributed by atoms with Gasteiger partial charge in [-0.2, -0.15) is 52.7 Å². The fourth-order valence-electron chi connectivity index (χ4n) is 3.22. The Bertz CT molecular complexity index is 629. The molecule has 174 valence electrons. The van der Waals surface area contributed by atoms with Crippen LogP contribution in [0, 0.1) is 0 Å². The molecule has 0 unspecified atom stereocenters. The van der Waals surface area contributed by atoms with Crippen LogP contribution in [-0.2, 0) is 10.8 Å². The summed E-state index contributed by atoms with van der Waals surface area (Å²) >= 11 is 0. The Balaban J connectivity index is 4.02. The van der Waals surface area contributed by atoms with Gasteiger partial charge in [-0.15, -0.1) is 0 Å². The molecule has 0 amide bonds. The Kier molecular flexibility index (Phi) is 7.11. The van der Waals surface area contributed by atoms with Gasteiger partial charge in [0.1, 0.15) is 0 Å². The van der Waals surface area contributed by atoms with Gasteiger partial charge in [0.05, 0.1) is 0 Å². The lowest BCUT2D eigenvalue weighted by Gasteiger charge is -2.40. The van der Waals surface area contributed by atoms with Gasteiger partial charge in [0, 0.05) is 13.2 Å². The van der Waals surface area contributed by atoms with Crippen LogP contribution in [0.3, 0.4) is 0 Å². The smallest absolute Gasteiger partial charge is 0.396 e. The van der Waals surface area contributed by atoms with Crippen molar-refractivity contribution in [2.45, 2.75) is 48.4 Å². The molecule has 1 rings (SSSR count). The summed E-state index contributed by atoms with van der Waals surface area (Å²) in [6.07, 6.45) is -29.1. The average molecular weight is 466 g/mol. The number of rotatable bonds is 6. The number of hydrogen-bond donors (Lipinski definition) is 2. The van der Waals surface area contributed by atoms with Crippen molar-refractivity contribution in [1.82, 2.24) is 0 Å². The van der Waals surface area contributed by atoms with E-state index in [0.29, 0.717) is 0 Å². The fourth-order valence-corrected chi connectivity index (χ4v) is 3.22. The van der Waals surface area contributed by atoms with E-state index < -0.39 is 78.8 Å². The molecule has 0 heterocycles. The van der Waals surface area contributed by atoms with Gasteiger partial charge in [-0.1, -0.05) is 24.3 Å². The summed E-state index contributed by atoms with van der Waals surface area (Å²) < 4.78 is 162. The second-order valence-electron chi connectivity index (χ2n) is 6.33. The summed E-state index contributed by atoms with van der Waals surface area (Å²) in [6.45, 7) is -3.44. The molecule has 2 N–H and O–H groups in total. The molecule has 0 saturated heterocycles. The molecule has 0 fully saturated rings. The molecule has 30 heavy (non-hydrogen) atoms. The molecule has 0 radical (unpaired) electrons. The van der Waals surface area contributed by atoms with E-state index in [-0.39, 0.29) is 18.2 Å². The summed E-state index contributed by atoms with van der Waals surface area (Å²) in [5, 5.41) is 17.5. The van der Waals surface area contributed by atoms with E-state index >= 15 is 0 Å². The van der Waals surface area contributed by atoms with E-state index in [9.17, 15) is 52.7 Å². The molecule has 1 aromatic carbocycles. The summed E-state index contributed by atoms with van der Waals surface area (Å²) in [4.78, 5) is 0. The van der Waals surface area contributed by atoms with Gasteiger partial charge in [0.15, 0.2) is 10.8 Å². The number of halogens is 12. The van der Waals surface area contributed by atoms with Gasteiger partial charge in [0.25, 0.3) is 0 Å². The molecule has 0 aliphatic rings. The maximum Gasteiger partial charge on any atom is 0.407 e. The maximum atomic E-state index is 13.5. The minimum absolute atomic E-state index is 0.0800. The van der Waals surface area contributed by atoms with E-state index in [1.807, 2.05) is 0 Å². The maximum absolute atomic E-state index is 13.5. The first-order valence-corrected chi connectivity index (χ1v) is 7.93. The van der Waals surface area contributed by atoms with E-state index in [1.165, 1.54) is 0 Å². The second kappa shape index (κ2) is 8.09. The van der Waals surface area contributed by atoms with Gasteiger partial charge in [-0.3, -0.25) is 0 Å². The highest BCUT2D eigenvalue weighted by molar-refractivity contribution is 5.39. The van der Waals surface area contributed by atoms with Crippen molar-refractivity contribution in [1.29, 1.82) is 0 Å². The third-order valence-corrected chi connectivity index (χ3v) is 4.76. The topological polar surface area (TPSA) is 40.5 Å². The average Bonchev–Trinajstić information content (AvgIpc) is 2.52. The molecule has 0 saturated carbocycles. The molecule has 0 spiro atoms. The lowest BCUT2D eigenvalue weighted by molar-refractivity contribution is -0.308. The van der Waals surface area contributed by atoms with Crippen LogP contribution in [-0.4, -0.2) is 48.1 Å². The Morgan fingerprint density at radius 1 is 0.533 bits per heavy atom. The van der Waals surface area contributed by atoms with Gasteiger partial charge in [0.2, 0.25) is 0 Å². The quantitative estimate of drug-likeness (QED) is 0.568. The minimum atomic E-state index is -6.22. The zero-order valence-corrected chi connectivity index (χ0v) is 14.6. The summed E-state index contributed by atoms with van der Waals surface area (Å²) in [5.41, 5.74) is -13.8. The second-order valence-corrected chi connectivity index (χ2v) is 6.33. The van der Waals surface area contributed by atoms with Gasteiger partial charge >= 0.3 is 24.7 Å². The first-order valence-electron chi connectivity index (χ1n) is 7.93. The third-order valence-electron chi connectivity index (χ3n) is 4.76. The van der Waals surface area contributed by atoms with Gasteiger partial charge in [-0.25, -0.2) is 0 Å².